The van der Waals surface area contributed by atoms with Crippen molar-refractivity contribution in [3.05, 3.63) is 65.7 Å². The first-order valence-corrected chi connectivity index (χ1v) is 9.77. The Bertz CT molecular complexity index is 692. The van der Waals surface area contributed by atoms with Gasteiger partial charge in [0.2, 0.25) is 0 Å². The zero-order chi connectivity index (χ0) is 18.4. The van der Waals surface area contributed by atoms with Gasteiger partial charge in [0.1, 0.15) is 5.75 Å². The molecule has 26 heavy (non-hydrogen) atoms. The van der Waals surface area contributed by atoms with E-state index in [0.29, 0.717) is 12.5 Å². The third-order valence-electron chi connectivity index (χ3n) is 5.28. The van der Waals surface area contributed by atoms with E-state index in [2.05, 4.69) is 30.9 Å². The Morgan fingerprint density at radius 3 is 2.38 bits per heavy atom. The summed E-state index contributed by atoms with van der Waals surface area (Å²) < 4.78 is 5.81. The fraction of sp³-hybridized carbons (Fsp3) is 0.435. The quantitative estimate of drug-likeness (QED) is 0.455. The number of Topliss-reactive ketones (excluding diaryl/α,β-unsaturated/α-hetero) is 1. The molecule has 3 rings (SSSR count). The highest BCUT2D eigenvalue weighted by atomic mass is 16.5. The molecule has 0 aliphatic heterocycles. The number of rotatable bonds is 10. The molecule has 0 bridgehead atoms. The van der Waals surface area contributed by atoms with Crippen LogP contribution in [0.15, 0.2) is 54.6 Å². The first-order valence-electron chi connectivity index (χ1n) is 9.77. The smallest absolute Gasteiger partial charge is 0.166 e. The zero-order valence-electron chi connectivity index (χ0n) is 15.9. The topological polar surface area (TPSA) is 29.5 Å². The highest BCUT2D eigenvalue weighted by Gasteiger charge is 2.43. The molecule has 0 spiro atoms. The zero-order valence-corrected chi connectivity index (χ0v) is 15.9. The van der Waals surface area contributed by atoms with E-state index in [0.717, 1.165) is 43.8 Å². The molecule has 0 saturated heterocycles. The highest BCUT2D eigenvalue weighted by Crippen LogP contribution is 2.49. The maximum Gasteiger partial charge on any atom is 0.166 e. The van der Waals surface area contributed by atoms with Gasteiger partial charge in [-0.2, -0.15) is 0 Å². The van der Waals surface area contributed by atoms with Crippen molar-refractivity contribution in [2.24, 2.45) is 5.92 Å². The molecular formula is C23H29NO2. The fourth-order valence-corrected chi connectivity index (χ4v) is 3.50. The van der Waals surface area contributed by atoms with Gasteiger partial charge in [-0.15, -0.1) is 0 Å². The van der Waals surface area contributed by atoms with Crippen LogP contribution in [-0.2, 0) is 0 Å². The molecule has 3 heteroatoms. The second-order valence-electron chi connectivity index (χ2n) is 6.98. The number of carbonyl (C=O) groups excluding carboxylic acids is 1. The third kappa shape index (κ3) is 4.73. The maximum atomic E-state index is 12.7. The van der Waals surface area contributed by atoms with Crippen molar-refractivity contribution in [1.82, 2.24) is 4.90 Å². The maximum absolute atomic E-state index is 12.7. The summed E-state index contributed by atoms with van der Waals surface area (Å²) >= 11 is 0. The molecule has 2 aromatic carbocycles. The Morgan fingerprint density at radius 1 is 1.04 bits per heavy atom. The van der Waals surface area contributed by atoms with Crippen LogP contribution in [0.25, 0.3) is 0 Å². The van der Waals surface area contributed by atoms with Crippen molar-refractivity contribution in [3.8, 4) is 5.75 Å². The summed E-state index contributed by atoms with van der Waals surface area (Å²) in [5.74, 6) is 1.63. The number of benzene rings is 2. The number of carbonyl (C=O) groups is 1. The summed E-state index contributed by atoms with van der Waals surface area (Å²) in [6.07, 6.45) is 1.98. The summed E-state index contributed by atoms with van der Waals surface area (Å²) in [4.78, 5) is 15.0. The van der Waals surface area contributed by atoms with E-state index in [4.69, 9.17) is 4.74 Å². The molecule has 0 amide bonds. The van der Waals surface area contributed by atoms with Crippen molar-refractivity contribution in [2.45, 2.75) is 32.6 Å². The van der Waals surface area contributed by atoms with Crippen molar-refractivity contribution in [3.63, 3.8) is 0 Å². The average Bonchev–Trinajstić information content (AvgIpc) is 3.50. The lowest BCUT2D eigenvalue weighted by Gasteiger charge is -2.17. The summed E-state index contributed by atoms with van der Waals surface area (Å²) in [5.41, 5.74) is 2.07. The second-order valence-corrected chi connectivity index (χ2v) is 6.98. The van der Waals surface area contributed by atoms with Gasteiger partial charge in [0.05, 0.1) is 6.61 Å². The van der Waals surface area contributed by atoms with Gasteiger partial charge in [-0.1, -0.05) is 44.2 Å². The first-order chi connectivity index (χ1) is 12.7. The minimum absolute atomic E-state index is 0.137. The molecule has 1 saturated carbocycles. The standard InChI is InChI=1S/C23H29NO2/c1-3-24(4-2)15-8-16-26-20-13-11-19(12-14-20)23(25)22-17-21(22)18-9-6-5-7-10-18/h5-7,9-14,21-22H,3-4,8,15-17H2,1-2H3. The number of hydrogen-bond donors (Lipinski definition) is 0. The van der Waals surface area contributed by atoms with Gasteiger partial charge in [0.15, 0.2) is 5.78 Å². The van der Waals surface area contributed by atoms with Crippen molar-refractivity contribution >= 4 is 5.78 Å². The molecule has 1 aliphatic carbocycles. The van der Waals surface area contributed by atoms with Crippen LogP contribution >= 0.6 is 0 Å². The minimum Gasteiger partial charge on any atom is -0.494 e. The summed E-state index contributed by atoms with van der Waals surface area (Å²) in [7, 11) is 0. The predicted octanol–water partition coefficient (Wildman–Crippen LogP) is 4.78. The summed E-state index contributed by atoms with van der Waals surface area (Å²) in [6.45, 7) is 8.30. The van der Waals surface area contributed by atoms with Gasteiger partial charge in [0, 0.05) is 18.0 Å². The van der Waals surface area contributed by atoms with Gasteiger partial charge >= 0.3 is 0 Å². The minimum atomic E-state index is 0.137. The van der Waals surface area contributed by atoms with Crippen LogP contribution in [-0.4, -0.2) is 36.9 Å². The lowest BCUT2D eigenvalue weighted by Crippen LogP contribution is -2.25. The van der Waals surface area contributed by atoms with E-state index in [1.165, 1.54) is 5.56 Å². The van der Waals surface area contributed by atoms with Crippen molar-refractivity contribution < 1.29 is 9.53 Å². The normalized spacial score (nSPS) is 18.7. The molecular weight excluding hydrogens is 322 g/mol. The Hall–Kier alpha value is -2.13. The monoisotopic (exact) mass is 351 g/mol. The molecule has 2 aromatic rings. The molecule has 0 heterocycles. The SMILES string of the molecule is CCN(CC)CCCOc1ccc(C(=O)C2CC2c2ccccc2)cc1. The Labute approximate surface area is 157 Å². The first kappa shape index (κ1) is 18.7. The highest BCUT2D eigenvalue weighted by molar-refractivity contribution is 6.00. The fourth-order valence-electron chi connectivity index (χ4n) is 3.50. The van der Waals surface area contributed by atoms with Crippen LogP contribution in [0.1, 0.15) is 48.5 Å². The van der Waals surface area contributed by atoms with E-state index in [1.807, 2.05) is 42.5 Å². The Morgan fingerprint density at radius 2 is 1.73 bits per heavy atom. The van der Waals surface area contributed by atoms with Gasteiger partial charge in [-0.3, -0.25) is 4.79 Å². The lowest BCUT2D eigenvalue weighted by molar-refractivity contribution is 0.0965. The second kappa shape index (κ2) is 9.00. The molecule has 2 unspecified atom stereocenters. The number of hydrogen-bond acceptors (Lipinski definition) is 3. The molecule has 0 aromatic heterocycles. The molecule has 1 fully saturated rings. The summed E-state index contributed by atoms with van der Waals surface area (Å²) in [5, 5.41) is 0. The van der Waals surface area contributed by atoms with Crippen molar-refractivity contribution in [1.29, 1.82) is 0 Å². The van der Waals surface area contributed by atoms with Crippen LogP contribution in [0.3, 0.4) is 0 Å². The average molecular weight is 351 g/mol. The van der Waals surface area contributed by atoms with E-state index in [-0.39, 0.29) is 11.7 Å². The van der Waals surface area contributed by atoms with Gasteiger partial charge < -0.3 is 9.64 Å². The largest absolute Gasteiger partial charge is 0.494 e. The Kier molecular flexibility index (Phi) is 6.45. The number of ketones is 1. The predicted molar refractivity (Wildman–Crippen MR) is 106 cm³/mol. The van der Waals surface area contributed by atoms with Gasteiger partial charge in [-0.05, 0) is 61.7 Å². The molecule has 1 aliphatic rings. The van der Waals surface area contributed by atoms with Gasteiger partial charge in [-0.25, -0.2) is 0 Å². The van der Waals surface area contributed by atoms with Crippen LogP contribution in [0.5, 0.6) is 5.75 Å². The van der Waals surface area contributed by atoms with E-state index < -0.39 is 0 Å². The van der Waals surface area contributed by atoms with Crippen LogP contribution in [0, 0.1) is 5.92 Å². The van der Waals surface area contributed by atoms with E-state index in [9.17, 15) is 4.79 Å². The van der Waals surface area contributed by atoms with Crippen LogP contribution in [0.4, 0.5) is 0 Å². The van der Waals surface area contributed by atoms with Crippen LogP contribution in [0.2, 0.25) is 0 Å². The summed E-state index contributed by atoms with van der Waals surface area (Å²) in [6, 6.07) is 18.0. The van der Waals surface area contributed by atoms with E-state index in [1.54, 1.807) is 0 Å². The third-order valence-corrected chi connectivity index (χ3v) is 5.28. The molecule has 2 atom stereocenters. The molecule has 0 N–H and O–H groups in total. The molecule has 3 nitrogen and oxygen atoms in total. The lowest BCUT2D eigenvalue weighted by atomic mass is 10.0. The number of ether oxygens (including phenoxy) is 1. The van der Waals surface area contributed by atoms with Crippen molar-refractivity contribution in [2.75, 3.05) is 26.2 Å². The van der Waals surface area contributed by atoms with Gasteiger partial charge in [0.25, 0.3) is 0 Å². The van der Waals surface area contributed by atoms with Crippen LogP contribution < -0.4 is 4.74 Å². The number of nitrogens with zero attached hydrogens (tertiary/aromatic N) is 1. The molecule has 138 valence electrons. The van der Waals surface area contributed by atoms with E-state index >= 15 is 0 Å². The Balaban J connectivity index is 1.46. The molecule has 0 radical (unpaired) electrons.